The second kappa shape index (κ2) is 6.21. The number of nitrogens with two attached hydrogens (primary N) is 1. The van der Waals surface area contributed by atoms with Crippen molar-refractivity contribution < 1.29 is 9.53 Å². The van der Waals surface area contributed by atoms with Gasteiger partial charge in [0.15, 0.2) is 6.61 Å². The minimum absolute atomic E-state index is 0.235. The van der Waals surface area contributed by atoms with Crippen LogP contribution in [0.25, 0.3) is 0 Å². The van der Waals surface area contributed by atoms with Crippen LogP contribution in [0.3, 0.4) is 0 Å². The lowest BCUT2D eigenvalue weighted by molar-refractivity contribution is -0.143. The van der Waals surface area contributed by atoms with Crippen molar-refractivity contribution in [3.05, 3.63) is 11.6 Å². The summed E-state index contributed by atoms with van der Waals surface area (Å²) in [6.45, 7) is 3.53. The standard InChI is InChI=1S/C9H14N2O2/c1-3-7(2)6-8(11)9(12)13-5-4-10/h3,8H,5-6,11H2,1-2H3/b7-3+. The summed E-state index contributed by atoms with van der Waals surface area (Å²) in [5.41, 5.74) is 6.54. The maximum Gasteiger partial charge on any atom is 0.324 e. The Morgan fingerprint density at radius 2 is 2.38 bits per heavy atom. The van der Waals surface area contributed by atoms with Crippen LogP contribution in [0, 0.1) is 11.3 Å². The molecule has 0 rings (SSSR count). The molecule has 0 fully saturated rings. The molecule has 0 aromatic heterocycles. The van der Waals surface area contributed by atoms with E-state index in [4.69, 9.17) is 11.0 Å². The predicted octanol–water partition coefficient (Wildman–Crippen LogP) is 0.737. The molecule has 0 saturated carbocycles. The molecule has 0 aromatic carbocycles. The summed E-state index contributed by atoms with van der Waals surface area (Å²) in [6.07, 6.45) is 2.36. The van der Waals surface area contributed by atoms with Gasteiger partial charge in [0.2, 0.25) is 0 Å². The highest BCUT2D eigenvalue weighted by atomic mass is 16.5. The van der Waals surface area contributed by atoms with Gasteiger partial charge < -0.3 is 10.5 Å². The zero-order valence-electron chi connectivity index (χ0n) is 7.91. The quantitative estimate of drug-likeness (QED) is 0.513. The summed E-state index contributed by atoms with van der Waals surface area (Å²) in [5, 5.41) is 8.15. The van der Waals surface area contributed by atoms with Crippen LogP contribution in [-0.2, 0) is 9.53 Å². The molecule has 4 nitrogen and oxygen atoms in total. The van der Waals surface area contributed by atoms with Gasteiger partial charge >= 0.3 is 5.97 Å². The zero-order valence-corrected chi connectivity index (χ0v) is 7.91. The molecule has 0 aromatic rings. The SMILES string of the molecule is C/C=C(\C)CC(N)C(=O)OCC#N. The summed E-state index contributed by atoms with van der Waals surface area (Å²) >= 11 is 0. The molecule has 0 saturated heterocycles. The van der Waals surface area contributed by atoms with E-state index < -0.39 is 12.0 Å². The van der Waals surface area contributed by atoms with E-state index in [0.717, 1.165) is 5.57 Å². The van der Waals surface area contributed by atoms with Crippen molar-refractivity contribution in [3.63, 3.8) is 0 Å². The summed E-state index contributed by atoms with van der Waals surface area (Å²) in [4.78, 5) is 11.0. The van der Waals surface area contributed by atoms with E-state index in [1.165, 1.54) is 0 Å². The first kappa shape index (κ1) is 11.7. The van der Waals surface area contributed by atoms with E-state index in [-0.39, 0.29) is 6.61 Å². The minimum Gasteiger partial charge on any atom is -0.449 e. The van der Waals surface area contributed by atoms with Gasteiger partial charge in [0.1, 0.15) is 12.1 Å². The van der Waals surface area contributed by atoms with Crippen molar-refractivity contribution >= 4 is 5.97 Å². The predicted molar refractivity (Wildman–Crippen MR) is 48.6 cm³/mol. The summed E-state index contributed by atoms with van der Waals surface area (Å²) in [5.74, 6) is -0.525. The van der Waals surface area contributed by atoms with E-state index >= 15 is 0 Å². The first-order chi connectivity index (χ1) is 6.11. The summed E-state index contributed by atoms with van der Waals surface area (Å²) in [6, 6.07) is 1.05. The van der Waals surface area contributed by atoms with E-state index in [9.17, 15) is 4.79 Å². The van der Waals surface area contributed by atoms with Crippen LogP contribution in [0.5, 0.6) is 0 Å². The molecule has 2 N–H and O–H groups in total. The minimum atomic E-state index is -0.662. The molecule has 0 spiro atoms. The highest BCUT2D eigenvalue weighted by Crippen LogP contribution is 2.03. The molecule has 72 valence electrons. The van der Waals surface area contributed by atoms with Gasteiger partial charge in [-0.2, -0.15) is 5.26 Å². The average Bonchev–Trinajstić information content (AvgIpc) is 2.13. The Balaban J connectivity index is 3.91. The maximum atomic E-state index is 11.0. The first-order valence-corrected chi connectivity index (χ1v) is 4.02. The van der Waals surface area contributed by atoms with Crippen molar-refractivity contribution in [2.45, 2.75) is 26.3 Å². The second-order valence-corrected chi connectivity index (χ2v) is 2.71. The Labute approximate surface area is 78.0 Å². The lowest BCUT2D eigenvalue weighted by Gasteiger charge is -2.09. The number of carbonyl (C=O) groups excluding carboxylic acids is 1. The monoisotopic (exact) mass is 182 g/mol. The van der Waals surface area contributed by atoms with Crippen molar-refractivity contribution in [3.8, 4) is 6.07 Å². The largest absolute Gasteiger partial charge is 0.449 e. The highest BCUT2D eigenvalue weighted by Gasteiger charge is 2.14. The van der Waals surface area contributed by atoms with Gasteiger partial charge in [-0.3, -0.25) is 4.79 Å². The van der Waals surface area contributed by atoms with Crippen LogP contribution in [0.15, 0.2) is 11.6 Å². The third-order valence-corrected chi connectivity index (χ3v) is 1.62. The van der Waals surface area contributed by atoms with Gasteiger partial charge in [0, 0.05) is 0 Å². The smallest absolute Gasteiger partial charge is 0.324 e. The number of nitriles is 1. The molecule has 0 aliphatic rings. The topological polar surface area (TPSA) is 76.1 Å². The van der Waals surface area contributed by atoms with Gasteiger partial charge in [0.05, 0.1) is 0 Å². The fourth-order valence-corrected chi connectivity index (χ4v) is 0.759. The number of esters is 1. The summed E-state index contributed by atoms with van der Waals surface area (Å²) < 4.78 is 4.55. The van der Waals surface area contributed by atoms with Gasteiger partial charge in [-0.15, -0.1) is 0 Å². The van der Waals surface area contributed by atoms with E-state index in [1.54, 1.807) is 6.07 Å². The third-order valence-electron chi connectivity index (χ3n) is 1.62. The van der Waals surface area contributed by atoms with Crippen LogP contribution in [0.2, 0.25) is 0 Å². The van der Waals surface area contributed by atoms with Gasteiger partial charge in [0.25, 0.3) is 0 Å². The number of hydrogen-bond acceptors (Lipinski definition) is 4. The maximum absolute atomic E-state index is 11.0. The third kappa shape index (κ3) is 4.99. The van der Waals surface area contributed by atoms with Crippen LogP contribution >= 0.6 is 0 Å². The molecule has 13 heavy (non-hydrogen) atoms. The molecule has 0 heterocycles. The number of ether oxygens (including phenoxy) is 1. The zero-order chi connectivity index (χ0) is 10.3. The van der Waals surface area contributed by atoms with Crippen molar-refractivity contribution in [1.29, 1.82) is 5.26 Å². The van der Waals surface area contributed by atoms with E-state index in [0.29, 0.717) is 6.42 Å². The van der Waals surface area contributed by atoms with Crippen molar-refractivity contribution in [1.82, 2.24) is 0 Å². The van der Waals surface area contributed by atoms with E-state index in [1.807, 2.05) is 19.9 Å². The molecule has 0 aliphatic heterocycles. The highest BCUT2D eigenvalue weighted by molar-refractivity contribution is 5.75. The number of nitrogens with zero attached hydrogens (tertiary/aromatic N) is 1. The number of allylic oxidation sites excluding steroid dienone is 1. The molecule has 0 amide bonds. The lowest BCUT2D eigenvalue weighted by Crippen LogP contribution is -2.32. The molecular formula is C9H14N2O2. The second-order valence-electron chi connectivity index (χ2n) is 2.71. The Hall–Kier alpha value is -1.34. The van der Waals surface area contributed by atoms with E-state index in [2.05, 4.69) is 4.74 Å². The van der Waals surface area contributed by atoms with Crippen LogP contribution in [0.1, 0.15) is 20.3 Å². The Bertz CT molecular complexity index is 240. The van der Waals surface area contributed by atoms with Crippen LogP contribution in [-0.4, -0.2) is 18.6 Å². The molecular weight excluding hydrogens is 168 g/mol. The van der Waals surface area contributed by atoms with Crippen LogP contribution in [0.4, 0.5) is 0 Å². The number of rotatable bonds is 4. The Morgan fingerprint density at radius 3 is 2.85 bits per heavy atom. The van der Waals surface area contributed by atoms with Crippen molar-refractivity contribution in [2.24, 2.45) is 5.73 Å². The van der Waals surface area contributed by atoms with Crippen LogP contribution < -0.4 is 5.73 Å². The molecule has 1 unspecified atom stereocenters. The Kier molecular flexibility index (Phi) is 5.57. The first-order valence-electron chi connectivity index (χ1n) is 4.02. The average molecular weight is 182 g/mol. The number of hydrogen-bond donors (Lipinski definition) is 1. The normalized spacial score (nSPS) is 13.2. The fraction of sp³-hybridized carbons (Fsp3) is 0.556. The number of carbonyl (C=O) groups is 1. The van der Waals surface area contributed by atoms with Gasteiger partial charge in [-0.1, -0.05) is 11.6 Å². The Morgan fingerprint density at radius 1 is 1.77 bits per heavy atom. The lowest BCUT2D eigenvalue weighted by atomic mass is 10.1. The van der Waals surface area contributed by atoms with Gasteiger partial charge in [-0.05, 0) is 20.3 Å². The molecule has 0 aliphatic carbocycles. The van der Waals surface area contributed by atoms with Gasteiger partial charge in [-0.25, -0.2) is 0 Å². The summed E-state index contributed by atoms with van der Waals surface area (Å²) in [7, 11) is 0. The fourth-order valence-electron chi connectivity index (χ4n) is 0.759. The van der Waals surface area contributed by atoms with Crippen molar-refractivity contribution in [2.75, 3.05) is 6.61 Å². The molecule has 1 atom stereocenters. The molecule has 0 radical (unpaired) electrons. The molecule has 0 bridgehead atoms. The molecule has 4 heteroatoms.